The molecule has 0 atom stereocenters. The zero-order valence-corrected chi connectivity index (χ0v) is 16.8. The van der Waals surface area contributed by atoms with E-state index in [-0.39, 0.29) is 24.2 Å². The number of nitrogens with one attached hydrogen (secondary N) is 1. The molecule has 156 valence electrons. The lowest BCUT2D eigenvalue weighted by Gasteiger charge is -2.20. The molecule has 0 spiro atoms. The molecule has 1 N–H and O–H groups in total. The van der Waals surface area contributed by atoms with Crippen molar-refractivity contribution < 1.29 is 23.5 Å². The molecule has 7 nitrogen and oxygen atoms in total. The van der Waals surface area contributed by atoms with Crippen LogP contribution in [0.5, 0.6) is 11.5 Å². The summed E-state index contributed by atoms with van der Waals surface area (Å²) < 4.78 is 16.5. The van der Waals surface area contributed by atoms with Crippen LogP contribution < -0.4 is 14.8 Å². The molecule has 0 aliphatic carbocycles. The largest absolute Gasteiger partial charge is 0.493 e. The van der Waals surface area contributed by atoms with Crippen LogP contribution in [-0.2, 0) is 11.4 Å². The summed E-state index contributed by atoms with van der Waals surface area (Å²) in [5, 5.41) is 2.75. The number of benzene rings is 1. The van der Waals surface area contributed by atoms with Gasteiger partial charge in [-0.05, 0) is 37.1 Å². The summed E-state index contributed by atoms with van der Waals surface area (Å²) in [6, 6.07) is 10.6. The van der Waals surface area contributed by atoms with E-state index in [1.54, 1.807) is 25.3 Å². The molecule has 1 fully saturated rings. The van der Waals surface area contributed by atoms with Crippen LogP contribution in [0.15, 0.2) is 40.8 Å². The summed E-state index contributed by atoms with van der Waals surface area (Å²) in [6.07, 6.45) is 4.79. The predicted octanol–water partition coefficient (Wildman–Crippen LogP) is 3.39. The normalized spacial score (nSPS) is 14.2. The highest BCUT2D eigenvalue weighted by atomic mass is 16.5. The zero-order valence-electron chi connectivity index (χ0n) is 16.8. The number of carbonyl (C=O) groups excluding carboxylic acids is 2. The Labute approximate surface area is 171 Å². The molecule has 3 rings (SSSR count). The minimum atomic E-state index is -0.336. The number of likely N-dealkylation sites (tertiary alicyclic amines) is 1. The molecule has 0 bridgehead atoms. The van der Waals surface area contributed by atoms with Gasteiger partial charge in [-0.25, -0.2) is 0 Å². The minimum absolute atomic E-state index is 0.0949. The van der Waals surface area contributed by atoms with Gasteiger partial charge in [0.2, 0.25) is 5.91 Å². The van der Waals surface area contributed by atoms with Crippen LogP contribution in [0.2, 0.25) is 0 Å². The highest BCUT2D eigenvalue weighted by Gasteiger charge is 2.16. The maximum Gasteiger partial charge on any atom is 0.287 e. The first-order valence-electron chi connectivity index (χ1n) is 10.1. The second kappa shape index (κ2) is 10.5. The van der Waals surface area contributed by atoms with Crippen molar-refractivity contribution in [3.8, 4) is 11.5 Å². The first-order chi connectivity index (χ1) is 14.2. The number of amides is 2. The number of methoxy groups -OCH3 is 1. The van der Waals surface area contributed by atoms with Crippen molar-refractivity contribution >= 4 is 11.8 Å². The topological polar surface area (TPSA) is 81.0 Å². The molecule has 1 aliphatic heterocycles. The van der Waals surface area contributed by atoms with Crippen molar-refractivity contribution in [2.24, 2.45) is 0 Å². The highest BCUT2D eigenvalue weighted by molar-refractivity contribution is 5.91. The minimum Gasteiger partial charge on any atom is -0.493 e. The molecule has 0 saturated carbocycles. The Morgan fingerprint density at radius 2 is 1.76 bits per heavy atom. The molecule has 2 aromatic rings. The lowest BCUT2D eigenvalue weighted by atomic mass is 10.2. The van der Waals surface area contributed by atoms with Crippen molar-refractivity contribution in [2.75, 3.05) is 26.7 Å². The van der Waals surface area contributed by atoms with Gasteiger partial charge in [-0.2, -0.15) is 0 Å². The van der Waals surface area contributed by atoms with Crippen molar-refractivity contribution in [3.05, 3.63) is 47.9 Å². The number of hydrogen-bond donors (Lipinski definition) is 1. The molecule has 0 radical (unpaired) electrons. The van der Waals surface area contributed by atoms with Crippen molar-refractivity contribution in [2.45, 2.75) is 38.7 Å². The number of ether oxygens (including phenoxy) is 2. The fourth-order valence-electron chi connectivity index (χ4n) is 3.31. The van der Waals surface area contributed by atoms with Crippen LogP contribution in [-0.4, -0.2) is 43.5 Å². The van der Waals surface area contributed by atoms with Crippen molar-refractivity contribution in [3.63, 3.8) is 0 Å². The second-order valence-corrected chi connectivity index (χ2v) is 7.01. The molecular formula is C22H28N2O5. The maximum atomic E-state index is 12.3. The van der Waals surface area contributed by atoms with Crippen LogP contribution in [0.25, 0.3) is 0 Å². The number of para-hydroxylation sites is 2. The van der Waals surface area contributed by atoms with Crippen LogP contribution in [0.4, 0.5) is 0 Å². The first-order valence-corrected chi connectivity index (χ1v) is 10.1. The Bertz CT molecular complexity index is 809. The van der Waals surface area contributed by atoms with Gasteiger partial charge in [-0.3, -0.25) is 9.59 Å². The second-order valence-electron chi connectivity index (χ2n) is 7.01. The van der Waals surface area contributed by atoms with Gasteiger partial charge in [0.1, 0.15) is 12.4 Å². The van der Waals surface area contributed by atoms with E-state index < -0.39 is 0 Å². The van der Waals surface area contributed by atoms with E-state index >= 15 is 0 Å². The summed E-state index contributed by atoms with van der Waals surface area (Å²) in [5.74, 6) is 1.72. The molecule has 1 saturated heterocycles. The molecular weight excluding hydrogens is 372 g/mol. The molecule has 0 unspecified atom stereocenters. The number of carbonyl (C=O) groups is 2. The average molecular weight is 400 g/mol. The van der Waals surface area contributed by atoms with Gasteiger partial charge in [-0.15, -0.1) is 0 Å². The Morgan fingerprint density at radius 1 is 1.03 bits per heavy atom. The average Bonchev–Trinajstić information content (AvgIpc) is 3.05. The van der Waals surface area contributed by atoms with E-state index in [0.717, 1.165) is 25.9 Å². The van der Waals surface area contributed by atoms with Crippen LogP contribution >= 0.6 is 0 Å². The smallest absolute Gasteiger partial charge is 0.287 e. The van der Waals surface area contributed by atoms with Crippen LogP contribution in [0.3, 0.4) is 0 Å². The highest BCUT2D eigenvalue weighted by Crippen LogP contribution is 2.26. The molecule has 2 amide bonds. The van der Waals surface area contributed by atoms with E-state index in [2.05, 4.69) is 5.32 Å². The monoisotopic (exact) mass is 400 g/mol. The number of nitrogens with zero attached hydrogens (tertiary/aromatic N) is 1. The van der Waals surface area contributed by atoms with E-state index in [4.69, 9.17) is 13.9 Å². The van der Waals surface area contributed by atoms with Crippen LogP contribution in [0, 0.1) is 0 Å². The van der Waals surface area contributed by atoms with E-state index in [0.29, 0.717) is 30.2 Å². The summed E-state index contributed by atoms with van der Waals surface area (Å²) in [4.78, 5) is 26.4. The van der Waals surface area contributed by atoms with Crippen molar-refractivity contribution in [1.29, 1.82) is 0 Å². The van der Waals surface area contributed by atoms with Gasteiger partial charge in [0.05, 0.1) is 7.11 Å². The van der Waals surface area contributed by atoms with Gasteiger partial charge >= 0.3 is 0 Å². The predicted molar refractivity (Wildman–Crippen MR) is 108 cm³/mol. The lowest BCUT2D eigenvalue weighted by Crippen LogP contribution is -2.35. The van der Waals surface area contributed by atoms with E-state index in [1.807, 2.05) is 23.1 Å². The first kappa shape index (κ1) is 20.8. The van der Waals surface area contributed by atoms with Gasteiger partial charge < -0.3 is 24.1 Å². The Morgan fingerprint density at radius 3 is 2.48 bits per heavy atom. The van der Waals surface area contributed by atoms with Gasteiger partial charge in [0.15, 0.2) is 17.3 Å². The number of furan rings is 1. The third-order valence-electron chi connectivity index (χ3n) is 4.91. The Balaban J connectivity index is 1.43. The number of hydrogen-bond acceptors (Lipinski definition) is 5. The van der Waals surface area contributed by atoms with Crippen LogP contribution in [0.1, 0.15) is 48.4 Å². The fourth-order valence-corrected chi connectivity index (χ4v) is 3.31. The summed E-state index contributed by atoms with van der Waals surface area (Å²) >= 11 is 0. The van der Waals surface area contributed by atoms with E-state index in [1.165, 1.54) is 12.8 Å². The lowest BCUT2D eigenvalue weighted by molar-refractivity contribution is -0.131. The van der Waals surface area contributed by atoms with Gasteiger partial charge in [0, 0.05) is 26.1 Å². The molecule has 1 aromatic heterocycles. The summed E-state index contributed by atoms with van der Waals surface area (Å²) in [6.45, 7) is 2.12. The third-order valence-corrected chi connectivity index (χ3v) is 4.91. The van der Waals surface area contributed by atoms with Crippen molar-refractivity contribution in [1.82, 2.24) is 10.2 Å². The SMILES string of the molecule is COc1ccccc1OCc1ccc(C(=O)NCCC(=O)N2CCCCCC2)o1. The van der Waals surface area contributed by atoms with Gasteiger partial charge in [-0.1, -0.05) is 25.0 Å². The fraction of sp³-hybridized carbons (Fsp3) is 0.455. The summed E-state index contributed by atoms with van der Waals surface area (Å²) in [7, 11) is 1.58. The Kier molecular flexibility index (Phi) is 7.55. The maximum absolute atomic E-state index is 12.3. The third kappa shape index (κ3) is 6.01. The zero-order chi connectivity index (χ0) is 20.5. The molecule has 29 heavy (non-hydrogen) atoms. The molecule has 1 aromatic carbocycles. The molecule has 7 heteroatoms. The van der Waals surface area contributed by atoms with E-state index in [9.17, 15) is 9.59 Å². The number of rotatable bonds is 8. The quantitative estimate of drug-likeness (QED) is 0.735. The van der Waals surface area contributed by atoms with Gasteiger partial charge in [0.25, 0.3) is 5.91 Å². The molecule has 1 aliphatic rings. The molecule has 2 heterocycles. The summed E-state index contributed by atoms with van der Waals surface area (Å²) in [5.41, 5.74) is 0. The Hall–Kier alpha value is -2.96. The standard InChI is InChI=1S/C22H28N2O5/c1-27-18-8-4-5-9-19(18)28-16-17-10-11-20(29-17)22(26)23-13-12-21(25)24-14-6-2-3-7-15-24/h4-5,8-11H,2-3,6-7,12-16H2,1H3,(H,23,26).